The van der Waals surface area contributed by atoms with Gasteiger partial charge < -0.3 is 0 Å². The first-order chi connectivity index (χ1) is 6.32. The summed E-state index contributed by atoms with van der Waals surface area (Å²) < 4.78 is 50.5. The van der Waals surface area contributed by atoms with Gasteiger partial charge in [-0.2, -0.15) is 17.5 Å². The molecule has 0 aliphatic carbocycles. The van der Waals surface area contributed by atoms with Crippen molar-refractivity contribution < 1.29 is 17.4 Å². The molecule has 80 valence electrons. The Morgan fingerprint density at radius 2 is 2.00 bits per heavy atom. The minimum absolute atomic E-state index is 0.0766. The van der Waals surface area contributed by atoms with E-state index in [0.717, 1.165) is 0 Å². The van der Waals surface area contributed by atoms with Crippen LogP contribution in [0.25, 0.3) is 0 Å². The van der Waals surface area contributed by atoms with Crippen LogP contribution in [0.2, 0.25) is 0 Å². The van der Waals surface area contributed by atoms with E-state index in [1.165, 1.54) is 0 Å². The molecule has 0 saturated carbocycles. The van der Waals surface area contributed by atoms with Crippen molar-refractivity contribution in [3.05, 3.63) is 5.82 Å². The van der Waals surface area contributed by atoms with Crippen LogP contribution < -0.4 is 0 Å². The van der Waals surface area contributed by atoms with Gasteiger partial charge in [-0.05, 0) is 11.5 Å². The summed E-state index contributed by atoms with van der Waals surface area (Å²) in [5, 5.41) is -0.260. The predicted molar refractivity (Wildman–Crippen MR) is 46.5 cm³/mol. The van der Waals surface area contributed by atoms with Crippen LogP contribution >= 0.6 is 11.5 Å². The van der Waals surface area contributed by atoms with Crippen LogP contribution in [0.4, 0.5) is 13.2 Å². The molecular formula is C6H7F3N2OS2. The zero-order valence-electron chi connectivity index (χ0n) is 7.33. The third-order valence-corrected chi connectivity index (χ3v) is 3.78. The zero-order chi connectivity index (χ0) is 10.9. The van der Waals surface area contributed by atoms with Gasteiger partial charge in [0.25, 0.3) is 0 Å². The van der Waals surface area contributed by atoms with Gasteiger partial charge in [0.05, 0.1) is 10.8 Å². The van der Waals surface area contributed by atoms with Gasteiger partial charge in [-0.15, -0.1) is 0 Å². The van der Waals surface area contributed by atoms with Crippen molar-refractivity contribution >= 4 is 22.3 Å². The van der Waals surface area contributed by atoms with Crippen LogP contribution in [0, 0.1) is 0 Å². The van der Waals surface area contributed by atoms with Crippen LogP contribution in [0.1, 0.15) is 19.7 Å². The lowest BCUT2D eigenvalue weighted by Gasteiger charge is -2.00. The number of nitrogens with zero attached hydrogens (tertiary/aromatic N) is 2. The van der Waals surface area contributed by atoms with E-state index in [9.17, 15) is 17.4 Å². The summed E-state index contributed by atoms with van der Waals surface area (Å²) in [4.78, 5) is 3.18. The summed E-state index contributed by atoms with van der Waals surface area (Å²) in [6.45, 7) is 3.29. The molecule has 1 heterocycles. The number of hydrogen-bond acceptors (Lipinski definition) is 4. The Bertz CT molecular complexity index is 347. The van der Waals surface area contributed by atoms with Crippen LogP contribution in [0.15, 0.2) is 4.34 Å². The molecule has 0 saturated heterocycles. The lowest BCUT2D eigenvalue weighted by Crippen LogP contribution is -2.09. The quantitative estimate of drug-likeness (QED) is 0.799. The van der Waals surface area contributed by atoms with Crippen molar-refractivity contribution in [2.24, 2.45) is 0 Å². The molecule has 0 aromatic carbocycles. The standard InChI is InChI=1S/C6H7F3N2OS2/c1-3(2)14(12)5-10-4(11-13-5)6(7,8)9/h3H,1-2H3. The highest BCUT2D eigenvalue weighted by Crippen LogP contribution is 2.28. The molecule has 1 rings (SSSR count). The van der Waals surface area contributed by atoms with E-state index in [2.05, 4.69) is 9.36 Å². The normalized spacial score (nSPS) is 14.7. The zero-order valence-corrected chi connectivity index (χ0v) is 8.96. The van der Waals surface area contributed by atoms with Crippen molar-refractivity contribution in [1.82, 2.24) is 9.36 Å². The van der Waals surface area contributed by atoms with Crippen molar-refractivity contribution in [3.8, 4) is 0 Å². The molecule has 0 bridgehead atoms. The van der Waals surface area contributed by atoms with Crippen LogP contribution in [-0.4, -0.2) is 18.8 Å². The first-order valence-electron chi connectivity index (χ1n) is 3.64. The first-order valence-corrected chi connectivity index (χ1v) is 5.62. The summed E-state index contributed by atoms with van der Waals surface area (Å²) in [6.07, 6.45) is -4.56. The van der Waals surface area contributed by atoms with Crippen molar-refractivity contribution in [2.75, 3.05) is 0 Å². The molecule has 3 nitrogen and oxygen atoms in total. The number of aromatic nitrogens is 2. The second-order valence-electron chi connectivity index (χ2n) is 2.73. The third kappa shape index (κ3) is 2.50. The topological polar surface area (TPSA) is 42.9 Å². The summed E-state index contributed by atoms with van der Waals surface area (Å²) >= 11 is 0.532. The Hall–Kier alpha value is -0.500. The average Bonchev–Trinajstić information content (AvgIpc) is 2.49. The van der Waals surface area contributed by atoms with Gasteiger partial charge in [0.15, 0.2) is 0 Å². The Morgan fingerprint density at radius 3 is 2.36 bits per heavy atom. The molecule has 1 aromatic rings. The number of alkyl halides is 3. The summed E-state index contributed by atoms with van der Waals surface area (Å²) in [7, 11) is -1.50. The maximum absolute atomic E-state index is 12.0. The molecule has 0 radical (unpaired) electrons. The number of halogens is 3. The fourth-order valence-electron chi connectivity index (χ4n) is 0.608. The monoisotopic (exact) mass is 244 g/mol. The van der Waals surface area contributed by atoms with E-state index >= 15 is 0 Å². The second-order valence-corrected chi connectivity index (χ2v) is 5.66. The lowest BCUT2D eigenvalue weighted by molar-refractivity contribution is -0.144. The largest absolute Gasteiger partial charge is 0.452 e. The smallest absolute Gasteiger partial charge is 0.252 e. The molecule has 8 heteroatoms. The van der Waals surface area contributed by atoms with E-state index in [1.807, 2.05) is 0 Å². The van der Waals surface area contributed by atoms with Gasteiger partial charge in [-0.3, -0.25) is 4.21 Å². The molecule has 1 atom stereocenters. The Morgan fingerprint density at radius 1 is 1.43 bits per heavy atom. The van der Waals surface area contributed by atoms with Crippen LogP contribution in [0.5, 0.6) is 0 Å². The van der Waals surface area contributed by atoms with Gasteiger partial charge in [0, 0.05) is 5.25 Å². The molecule has 14 heavy (non-hydrogen) atoms. The average molecular weight is 244 g/mol. The molecule has 0 amide bonds. The maximum Gasteiger partial charge on any atom is 0.452 e. The summed E-state index contributed by atoms with van der Waals surface area (Å²) in [5.74, 6) is -1.22. The van der Waals surface area contributed by atoms with E-state index < -0.39 is 22.8 Å². The van der Waals surface area contributed by atoms with Gasteiger partial charge in [-0.25, -0.2) is 4.98 Å². The first kappa shape index (κ1) is 11.6. The van der Waals surface area contributed by atoms with Gasteiger partial charge in [-0.1, -0.05) is 13.8 Å². The number of hydrogen-bond donors (Lipinski definition) is 0. The molecule has 1 unspecified atom stereocenters. The third-order valence-electron chi connectivity index (χ3n) is 1.26. The SMILES string of the molecule is CC(C)S(=O)c1nc(C(F)(F)F)ns1. The van der Waals surface area contributed by atoms with Gasteiger partial charge >= 0.3 is 6.18 Å². The molecule has 1 aromatic heterocycles. The van der Waals surface area contributed by atoms with E-state index in [4.69, 9.17) is 0 Å². The maximum atomic E-state index is 12.0. The van der Waals surface area contributed by atoms with Gasteiger partial charge in [0.2, 0.25) is 10.2 Å². The summed E-state index contributed by atoms with van der Waals surface area (Å²) in [5.41, 5.74) is 0. The highest BCUT2D eigenvalue weighted by molar-refractivity contribution is 7.87. The van der Waals surface area contributed by atoms with Crippen molar-refractivity contribution in [1.29, 1.82) is 0 Å². The molecule has 0 N–H and O–H groups in total. The molecule has 0 aliphatic rings. The van der Waals surface area contributed by atoms with Crippen molar-refractivity contribution in [3.63, 3.8) is 0 Å². The Labute approximate surface area is 85.0 Å². The highest BCUT2D eigenvalue weighted by Gasteiger charge is 2.36. The van der Waals surface area contributed by atoms with E-state index in [0.29, 0.717) is 11.5 Å². The van der Waals surface area contributed by atoms with Crippen LogP contribution in [0.3, 0.4) is 0 Å². The van der Waals surface area contributed by atoms with Crippen LogP contribution in [-0.2, 0) is 17.0 Å². The fraction of sp³-hybridized carbons (Fsp3) is 0.667. The highest BCUT2D eigenvalue weighted by atomic mass is 32.2. The molecule has 0 spiro atoms. The minimum atomic E-state index is -4.56. The van der Waals surface area contributed by atoms with E-state index in [1.54, 1.807) is 13.8 Å². The Balaban J connectivity index is 2.95. The van der Waals surface area contributed by atoms with E-state index in [-0.39, 0.29) is 9.59 Å². The second kappa shape index (κ2) is 3.93. The van der Waals surface area contributed by atoms with Crippen molar-refractivity contribution in [2.45, 2.75) is 29.6 Å². The number of rotatable bonds is 2. The molecular weight excluding hydrogens is 237 g/mol. The lowest BCUT2D eigenvalue weighted by atomic mass is 10.6. The fourth-order valence-corrected chi connectivity index (χ4v) is 2.61. The summed E-state index contributed by atoms with van der Waals surface area (Å²) in [6, 6.07) is 0. The molecule has 0 aliphatic heterocycles. The molecule has 0 fully saturated rings. The predicted octanol–water partition coefficient (Wildman–Crippen LogP) is 2.07. The Kier molecular flexibility index (Phi) is 3.25. The van der Waals surface area contributed by atoms with Gasteiger partial charge in [0.1, 0.15) is 0 Å². The minimum Gasteiger partial charge on any atom is -0.252 e.